The molecular formula is C25H21N3O7S. The molecule has 3 aromatic rings. The zero-order valence-corrected chi connectivity index (χ0v) is 20.1. The van der Waals surface area contributed by atoms with E-state index in [4.69, 9.17) is 8.92 Å². The number of benzene rings is 3. The van der Waals surface area contributed by atoms with E-state index in [2.05, 4.69) is 5.32 Å². The van der Waals surface area contributed by atoms with Crippen molar-refractivity contribution in [1.82, 2.24) is 0 Å². The maximum Gasteiger partial charge on any atom is 0.339 e. The summed E-state index contributed by atoms with van der Waals surface area (Å²) in [6, 6.07) is 17.4. The molecule has 0 radical (unpaired) electrons. The highest BCUT2D eigenvalue weighted by Crippen LogP contribution is 2.32. The molecule has 0 aliphatic rings. The normalized spacial score (nSPS) is 11.3. The number of rotatable bonds is 9. The largest absolute Gasteiger partial charge is 0.490 e. The molecule has 0 heterocycles. The molecule has 184 valence electrons. The molecule has 0 bridgehead atoms. The van der Waals surface area contributed by atoms with E-state index in [1.807, 2.05) is 25.1 Å². The Bertz CT molecular complexity index is 1470. The van der Waals surface area contributed by atoms with Crippen molar-refractivity contribution in [1.29, 1.82) is 5.26 Å². The molecule has 0 saturated heterocycles. The van der Waals surface area contributed by atoms with Gasteiger partial charge in [-0.15, -0.1) is 0 Å². The van der Waals surface area contributed by atoms with Crippen LogP contribution in [0.2, 0.25) is 0 Å². The molecule has 0 aromatic heterocycles. The third-order valence-electron chi connectivity index (χ3n) is 4.87. The first kappa shape index (κ1) is 25.9. The second-order valence-corrected chi connectivity index (χ2v) is 8.91. The fraction of sp³-hybridized carbons (Fsp3) is 0.120. The zero-order valence-electron chi connectivity index (χ0n) is 19.3. The van der Waals surface area contributed by atoms with Crippen LogP contribution in [-0.2, 0) is 14.9 Å². The van der Waals surface area contributed by atoms with Crippen LogP contribution in [0.3, 0.4) is 0 Å². The number of amides is 1. The van der Waals surface area contributed by atoms with Gasteiger partial charge in [0.05, 0.1) is 11.5 Å². The molecule has 0 aliphatic heterocycles. The first-order valence-electron chi connectivity index (χ1n) is 10.6. The molecule has 0 fully saturated rings. The molecule has 36 heavy (non-hydrogen) atoms. The summed E-state index contributed by atoms with van der Waals surface area (Å²) in [5, 5.41) is 23.0. The van der Waals surface area contributed by atoms with Gasteiger partial charge in [0.15, 0.2) is 11.5 Å². The van der Waals surface area contributed by atoms with Gasteiger partial charge in [-0.1, -0.05) is 24.3 Å². The van der Waals surface area contributed by atoms with E-state index in [0.717, 1.165) is 29.8 Å². The number of aryl methyl sites for hydroxylation is 1. The van der Waals surface area contributed by atoms with E-state index in [0.29, 0.717) is 11.3 Å². The van der Waals surface area contributed by atoms with Crippen molar-refractivity contribution in [3.63, 3.8) is 0 Å². The van der Waals surface area contributed by atoms with Gasteiger partial charge in [-0.05, 0) is 61.4 Å². The average molecular weight is 508 g/mol. The molecule has 0 saturated carbocycles. The Morgan fingerprint density at radius 3 is 2.42 bits per heavy atom. The van der Waals surface area contributed by atoms with Crippen LogP contribution in [0.4, 0.5) is 11.4 Å². The van der Waals surface area contributed by atoms with Gasteiger partial charge in [-0.25, -0.2) is 0 Å². The number of carbonyl (C=O) groups excluding carboxylic acids is 1. The molecule has 0 atom stereocenters. The summed E-state index contributed by atoms with van der Waals surface area (Å²) < 4.78 is 36.1. The van der Waals surface area contributed by atoms with E-state index in [1.165, 1.54) is 24.3 Å². The number of nitrogens with zero attached hydrogens (tertiary/aromatic N) is 2. The zero-order chi connectivity index (χ0) is 26.3. The Morgan fingerprint density at radius 2 is 1.81 bits per heavy atom. The van der Waals surface area contributed by atoms with Crippen molar-refractivity contribution in [2.45, 2.75) is 18.7 Å². The SMILES string of the molecule is CCOc1cc(/C=C(\C#N)C(=O)Nc2ccccc2C)ccc1OS(=O)(=O)c1ccc([N+](=O)[O-])cc1. The minimum atomic E-state index is -4.32. The fourth-order valence-electron chi connectivity index (χ4n) is 3.07. The summed E-state index contributed by atoms with van der Waals surface area (Å²) in [4.78, 5) is 22.5. The standard InChI is InChI=1S/C25H21N3O7S/c1-3-34-24-15-18(14-19(16-26)25(29)27-22-7-5-4-6-17(22)2)8-13-23(24)35-36(32,33)21-11-9-20(10-12-21)28(30)31/h4-15H,3H2,1-2H3,(H,27,29)/b19-14+. The number of nitriles is 1. The Kier molecular flexibility index (Phi) is 8.03. The molecule has 0 spiro atoms. The molecular weight excluding hydrogens is 486 g/mol. The van der Waals surface area contributed by atoms with E-state index >= 15 is 0 Å². The molecule has 0 aliphatic carbocycles. The van der Waals surface area contributed by atoms with Crippen molar-refractivity contribution in [2.24, 2.45) is 0 Å². The lowest BCUT2D eigenvalue weighted by atomic mass is 10.1. The van der Waals surface area contributed by atoms with Crippen molar-refractivity contribution >= 4 is 33.5 Å². The first-order chi connectivity index (χ1) is 17.1. The topological polar surface area (TPSA) is 149 Å². The number of nitrogens with one attached hydrogen (secondary N) is 1. The second-order valence-electron chi connectivity index (χ2n) is 7.37. The van der Waals surface area contributed by atoms with Crippen LogP contribution < -0.4 is 14.2 Å². The third-order valence-corrected chi connectivity index (χ3v) is 6.12. The molecule has 1 amide bonds. The van der Waals surface area contributed by atoms with Crippen LogP contribution in [0, 0.1) is 28.4 Å². The molecule has 10 nitrogen and oxygen atoms in total. The van der Waals surface area contributed by atoms with Crippen LogP contribution in [0.15, 0.2) is 77.2 Å². The smallest absolute Gasteiger partial charge is 0.339 e. The number of carbonyl (C=O) groups is 1. The van der Waals surface area contributed by atoms with Crippen LogP contribution >= 0.6 is 0 Å². The monoisotopic (exact) mass is 507 g/mol. The van der Waals surface area contributed by atoms with Crippen molar-refractivity contribution < 1.29 is 27.1 Å². The number of hydrogen-bond donors (Lipinski definition) is 1. The Morgan fingerprint density at radius 1 is 1.11 bits per heavy atom. The Labute approximate surface area is 207 Å². The van der Waals surface area contributed by atoms with Gasteiger partial charge in [-0.2, -0.15) is 13.7 Å². The summed E-state index contributed by atoms with van der Waals surface area (Å²) in [6.45, 7) is 3.69. The van der Waals surface area contributed by atoms with E-state index in [1.54, 1.807) is 19.1 Å². The highest BCUT2D eigenvalue weighted by Gasteiger charge is 2.21. The number of anilines is 1. The van der Waals surface area contributed by atoms with Crippen LogP contribution in [-0.4, -0.2) is 25.9 Å². The minimum Gasteiger partial charge on any atom is -0.490 e. The fourth-order valence-corrected chi connectivity index (χ4v) is 4.01. The Hall–Kier alpha value is -4.69. The Balaban J connectivity index is 1.87. The molecule has 3 rings (SSSR count). The summed E-state index contributed by atoms with van der Waals surface area (Å²) in [5.41, 5.74) is 1.36. The number of ether oxygens (including phenoxy) is 1. The van der Waals surface area contributed by atoms with Crippen LogP contribution in [0.1, 0.15) is 18.1 Å². The summed E-state index contributed by atoms with van der Waals surface area (Å²) in [7, 11) is -4.32. The number of nitro groups is 1. The molecule has 3 aromatic carbocycles. The van der Waals surface area contributed by atoms with Crippen molar-refractivity contribution in [3.8, 4) is 17.6 Å². The lowest BCUT2D eigenvalue weighted by Crippen LogP contribution is -2.14. The maximum absolute atomic E-state index is 12.7. The van der Waals surface area contributed by atoms with Crippen LogP contribution in [0.25, 0.3) is 6.08 Å². The molecule has 11 heteroatoms. The van der Waals surface area contributed by atoms with E-state index in [9.17, 15) is 28.6 Å². The number of para-hydroxylation sites is 1. The van der Waals surface area contributed by atoms with Gasteiger partial charge < -0.3 is 14.2 Å². The highest BCUT2D eigenvalue weighted by molar-refractivity contribution is 7.87. The number of non-ortho nitro benzene ring substituents is 1. The lowest BCUT2D eigenvalue weighted by molar-refractivity contribution is -0.384. The predicted molar refractivity (Wildman–Crippen MR) is 132 cm³/mol. The summed E-state index contributed by atoms with van der Waals surface area (Å²) >= 11 is 0. The van der Waals surface area contributed by atoms with Gasteiger partial charge in [0.2, 0.25) is 0 Å². The summed E-state index contributed by atoms with van der Waals surface area (Å²) in [5.74, 6) is -0.672. The van der Waals surface area contributed by atoms with Gasteiger partial charge in [0.1, 0.15) is 16.5 Å². The molecule has 1 N–H and O–H groups in total. The minimum absolute atomic E-state index is 0.0633. The second kappa shape index (κ2) is 11.2. The van der Waals surface area contributed by atoms with Gasteiger partial charge in [0.25, 0.3) is 11.6 Å². The van der Waals surface area contributed by atoms with E-state index in [-0.39, 0.29) is 34.3 Å². The predicted octanol–water partition coefficient (Wildman–Crippen LogP) is 4.62. The van der Waals surface area contributed by atoms with Gasteiger partial charge >= 0.3 is 10.1 Å². The number of nitro benzene ring substituents is 1. The summed E-state index contributed by atoms with van der Waals surface area (Å²) in [6.07, 6.45) is 1.34. The third kappa shape index (κ3) is 6.25. The first-order valence-corrected chi connectivity index (χ1v) is 12.0. The highest BCUT2D eigenvalue weighted by atomic mass is 32.2. The van der Waals surface area contributed by atoms with E-state index < -0.39 is 20.9 Å². The maximum atomic E-state index is 12.7. The van der Waals surface area contributed by atoms with Crippen LogP contribution in [0.5, 0.6) is 11.5 Å². The van der Waals surface area contributed by atoms with Crippen molar-refractivity contribution in [3.05, 3.63) is 93.5 Å². The quantitative estimate of drug-likeness (QED) is 0.145. The average Bonchev–Trinajstić information content (AvgIpc) is 2.85. The number of hydrogen-bond acceptors (Lipinski definition) is 8. The molecule has 0 unspecified atom stereocenters. The van der Waals surface area contributed by atoms with Gasteiger partial charge in [-0.3, -0.25) is 14.9 Å². The van der Waals surface area contributed by atoms with Crippen molar-refractivity contribution in [2.75, 3.05) is 11.9 Å². The lowest BCUT2D eigenvalue weighted by Gasteiger charge is -2.13. The van der Waals surface area contributed by atoms with Gasteiger partial charge in [0, 0.05) is 17.8 Å².